The van der Waals surface area contributed by atoms with Gasteiger partial charge in [-0.1, -0.05) is 13.3 Å². The summed E-state index contributed by atoms with van der Waals surface area (Å²) in [4.78, 5) is 28.5. The van der Waals surface area contributed by atoms with Gasteiger partial charge >= 0.3 is 5.97 Å². The van der Waals surface area contributed by atoms with Crippen molar-refractivity contribution in [1.29, 1.82) is 0 Å². The van der Waals surface area contributed by atoms with E-state index in [1.165, 1.54) is 18.2 Å². The van der Waals surface area contributed by atoms with E-state index in [0.29, 0.717) is 17.5 Å². The van der Waals surface area contributed by atoms with Gasteiger partial charge in [0.15, 0.2) is 0 Å². The molecule has 0 aliphatic rings. The van der Waals surface area contributed by atoms with Crippen molar-refractivity contribution in [3.8, 4) is 0 Å². The monoisotopic (exact) mass is 325 g/mol. The molecule has 2 rings (SSSR count). The number of rotatable bonds is 6. The highest BCUT2D eigenvalue weighted by Crippen LogP contribution is 2.15. The predicted octanol–water partition coefficient (Wildman–Crippen LogP) is 0.455. The van der Waals surface area contributed by atoms with E-state index in [9.17, 15) is 18.0 Å². The molecule has 1 atom stereocenters. The molecule has 0 radical (unpaired) electrons. The molecule has 1 heterocycles. The van der Waals surface area contributed by atoms with E-state index < -0.39 is 27.6 Å². The maximum atomic E-state index is 12.3. The van der Waals surface area contributed by atoms with Gasteiger partial charge in [0.25, 0.3) is 5.56 Å². The molecule has 1 unspecified atom stereocenters. The van der Waals surface area contributed by atoms with E-state index in [2.05, 4.69) is 14.7 Å². The van der Waals surface area contributed by atoms with Gasteiger partial charge in [-0.15, -0.1) is 0 Å². The number of carboxylic acids is 1. The van der Waals surface area contributed by atoms with Crippen molar-refractivity contribution in [3.63, 3.8) is 0 Å². The Morgan fingerprint density at radius 2 is 2.18 bits per heavy atom. The summed E-state index contributed by atoms with van der Waals surface area (Å²) >= 11 is 0. The molecule has 118 valence electrons. The SMILES string of the molecule is CCCC(NS(=O)(=O)c1ccc2[nH]c(=O)cnc2c1)C(=O)O. The highest BCUT2D eigenvalue weighted by Gasteiger charge is 2.24. The Labute approximate surface area is 126 Å². The number of hydrogen-bond acceptors (Lipinski definition) is 5. The Morgan fingerprint density at radius 1 is 1.45 bits per heavy atom. The third kappa shape index (κ3) is 3.49. The van der Waals surface area contributed by atoms with Crippen LogP contribution in [0.3, 0.4) is 0 Å². The lowest BCUT2D eigenvalue weighted by Gasteiger charge is -2.14. The minimum atomic E-state index is -3.99. The van der Waals surface area contributed by atoms with Crippen LogP contribution in [0.5, 0.6) is 0 Å². The molecular formula is C13H15N3O5S. The average Bonchev–Trinajstić information content (AvgIpc) is 2.45. The summed E-state index contributed by atoms with van der Waals surface area (Å²) in [6, 6.07) is 2.79. The lowest BCUT2D eigenvalue weighted by atomic mass is 10.2. The Hall–Kier alpha value is -2.26. The van der Waals surface area contributed by atoms with Crippen molar-refractivity contribution < 1.29 is 18.3 Å². The third-order valence-corrected chi connectivity index (χ3v) is 4.50. The number of aromatic nitrogens is 2. The van der Waals surface area contributed by atoms with Gasteiger partial charge in [0.1, 0.15) is 6.04 Å². The average molecular weight is 325 g/mol. The molecule has 2 aromatic rings. The van der Waals surface area contributed by atoms with Crippen LogP contribution in [-0.2, 0) is 14.8 Å². The molecule has 0 saturated heterocycles. The number of nitrogens with one attached hydrogen (secondary N) is 2. The lowest BCUT2D eigenvalue weighted by Crippen LogP contribution is -2.40. The lowest BCUT2D eigenvalue weighted by molar-refractivity contribution is -0.139. The highest BCUT2D eigenvalue weighted by molar-refractivity contribution is 7.89. The maximum absolute atomic E-state index is 12.3. The van der Waals surface area contributed by atoms with Crippen LogP contribution < -0.4 is 10.3 Å². The van der Waals surface area contributed by atoms with Crippen LogP contribution >= 0.6 is 0 Å². The zero-order valence-electron chi connectivity index (χ0n) is 11.7. The smallest absolute Gasteiger partial charge is 0.321 e. The van der Waals surface area contributed by atoms with Crippen LogP contribution in [0.2, 0.25) is 0 Å². The molecule has 0 spiro atoms. The van der Waals surface area contributed by atoms with E-state index in [0.717, 1.165) is 6.20 Å². The largest absolute Gasteiger partial charge is 0.480 e. The van der Waals surface area contributed by atoms with Crippen LogP contribution in [0.4, 0.5) is 0 Å². The van der Waals surface area contributed by atoms with Crippen molar-refractivity contribution in [2.24, 2.45) is 0 Å². The Kier molecular flexibility index (Phi) is 4.57. The fourth-order valence-corrected chi connectivity index (χ4v) is 3.20. The van der Waals surface area contributed by atoms with Crippen LogP contribution in [0, 0.1) is 0 Å². The second kappa shape index (κ2) is 6.24. The fourth-order valence-electron chi connectivity index (χ4n) is 1.96. The molecule has 8 nitrogen and oxygen atoms in total. The van der Waals surface area contributed by atoms with E-state index in [4.69, 9.17) is 5.11 Å². The predicted molar refractivity (Wildman–Crippen MR) is 79.0 cm³/mol. The first-order valence-electron chi connectivity index (χ1n) is 6.57. The molecule has 0 fully saturated rings. The number of H-pyrrole nitrogens is 1. The summed E-state index contributed by atoms with van der Waals surface area (Å²) in [5.41, 5.74) is 0.301. The van der Waals surface area contributed by atoms with E-state index in [1.54, 1.807) is 6.92 Å². The van der Waals surface area contributed by atoms with Gasteiger partial charge in [-0.3, -0.25) is 9.59 Å². The topological polar surface area (TPSA) is 129 Å². The summed E-state index contributed by atoms with van der Waals surface area (Å²) in [6.45, 7) is 1.76. The molecule has 0 bridgehead atoms. The summed E-state index contributed by atoms with van der Waals surface area (Å²) < 4.78 is 26.7. The molecule has 0 saturated carbocycles. The second-order valence-corrected chi connectivity index (χ2v) is 6.44. The molecule has 1 aromatic heterocycles. The van der Waals surface area contributed by atoms with E-state index >= 15 is 0 Å². The van der Waals surface area contributed by atoms with Gasteiger partial charge in [-0.2, -0.15) is 4.72 Å². The minimum absolute atomic E-state index is 0.109. The number of nitrogens with zero attached hydrogens (tertiary/aromatic N) is 1. The van der Waals surface area contributed by atoms with Crippen LogP contribution in [-0.4, -0.2) is 35.5 Å². The zero-order valence-corrected chi connectivity index (χ0v) is 12.6. The van der Waals surface area contributed by atoms with Gasteiger partial charge < -0.3 is 10.1 Å². The number of hydrogen-bond donors (Lipinski definition) is 3. The number of sulfonamides is 1. The van der Waals surface area contributed by atoms with Crippen molar-refractivity contribution >= 4 is 27.0 Å². The van der Waals surface area contributed by atoms with Crippen LogP contribution in [0.15, 0.2) is 34.1 Å². The molecule has 0 aliphatic heterocycles. The molecule has 9 heteroatoms. The Morgan fingerprint density at radius 3 is 2.82 bits per heavy atom. The number of fused-ring (bicyclic) bond motifs is 1. The summed E-state index contributed by atoms with van der Waals surface area (Å²) in [5.74, 6) is -1.23. The van der Waals surface area contributed by atoms with Gasteiger partial charge in [-0.25, -0.2) is 13.4 Å². The van der Waals surface area contributed by atoms with Gasteiger partial charge in [-0.05, 0) is 24.6 Å². The van der Waals surface area contributed by atoms with Gasteiger partial charge in [0.05, 0.1) is 22.1 Å². The molecule has 22 heavy (non-hydrogen) atoms. The molecule has 1 aromatic carbocycles. The van der Waals surface area contributed by atoms with E-state index in [1.807, 2.05) is 0 Å². The van der Waals surface area contributed by atoms with Crippen molar-refractivity contribution in [2.45, 2.75) is 30.7 Å². The molecule has 0 aliphatic carbocycles. The number of aromatic amines is 1. The Bertz CT molecular complexity index is 859. The second-order valence-electron chi connectivity index (χ2n) is 4.73. The summed E-state index contributed by atoms with van der Waals surface area (Å²) in [7, 11) is -3.99. The standard InChI is InChI=1S/C13H15N3O5S/c1-2-3-10(13(18)19)16-22(20,21)8-4-5-9-11(6-8)14-7-12(17)15-9/h4-7,10,16H,2-3H2,1H3,(H,15,17)(H,18,19). The normalized spacial score (nSPS) is 13.1. The highest BCUT2D eigenvalue weighted by atomic mass is 32.2. The maximum Gasteiger partial charge on any atom is 0.321 e. The third-order valence-electron chi connectivity index (χ3n) is 3.03. The quantitative estimate of drug-likeness (QED) is 0.707. The molecule has 0 amide bonds. The summed E-state index contributed by atoms with van der Waals surface area (Å²) in [6.07, 6.45) is 1.76. The first-order chi connectivity index (χ1) is 10.3. The van der Waals surface area contributed by atoms with Gasteiger partial charge in [0.2, 0.25) is 10.0 Å². The van der Waals surface area contributed by atoms with Crippen molar-refractivity contribution in [3.05, 3.63) is 34.7 Å². The van der Waals surface area contributed by atoms with Crippen LogP contribution in [0.25, 0.3) is 11.0 Å². The fraction of sp³-hybridized carbons (Fsp3) is 0.308. The van der Waals surface area contributed by atoms with E-state index in [-0.39, 0.29) is 11.3 Å². The molecular weight excluding hydrogens is 310 g/mol. The zero-order chi connectivity index (χ0) is 16.3. The first kappa shape index (κ1) is 16.1. The number of carboxylic acid groups (broad SMARTS) is 1. The first-order valence-corrected chi connectivity index (χ1v) is 8.06. The van der Waals surface area contributed by atoms with Crippen LogP contribution in [0.1, 0.15) is 19.8 Å². The number of carbonyl (C=O) groups is 1. The molecule has 3 N–H and O–H groups in total. The Balaban J connectivity index is 2.38. The van der Waals surface area contributed by atoms with Crippen molar-refractivity contribution in [1.82, 2.24) is 14.7 Å². The summed E-state index contributed by atoms with van der Waals surface area (Å²) in [5, 5.41) is 9.04. The number of benzene rings is 1. The van der Waals surface area contributed by atoms with Gasteiger partial charge in [0, 0.05) is 0 Å². The van der Waals surface area contributed by atoms with Crippen molar-refractivity contribution in [2.75, 3.05) is 0 Å². The minimum Gasteiger partial charge on any atom is -0.480 e. The number of aliphatic carboxylic acids is 1.